The van der Waals surface area contributed by atoms with E-state index >= 15 is 0 Å². The first kappa shape index (κ1) is 8.33. The van der Waals surface area contributed by atoms with E-state index in [4.69, 9.17) is 11.5 Å². The van der Waals surface area contributed by atoms with Gasteiger partial charge in [-0.15, -0.1) is 0 Å². The maximum atomic E-state index is 10.8. The van der Waals surface area contributed by atoms with E-state index in [1.54, 1.807) is 4.90 Å². The number of hydrogen-bond donors (Lipinski definition) is 2. The summed E-state index contributed by atoms with van der Waals surface area (Å²) in [4.78, 5) is 12.5. The largest absolute Gasteiger partial charge is 0.351 e. The third-order valence-corrected chi connectivity index (χ3v) is 1.76. The SMILES string of the molecule is CC(N)CN(C(N)=O)C1CC1. The van der Waals surface area contributed by atoms with E-state index < -0.39 is 0 Å². The monoisotopic (exact) mass is 157 g/mol. The van der Waals surface area contributed by atoms with Crippen molar-refractivity contribution in [2.24, 2.45) is 11.5 Å². The van der Waals surface area contributed by atoms with Crippen molar-refractivity contribution in [1.29, 1.82) is 0 Å². The number of carbonyl (C=O) groups is 1. The van der Waals surface area contributed by atoms with E-state index in [0.717, 1.165) is 12.8 Å². The summed E-state index contributed by atoms with van der Waals surface area (Å²) in [7, 11) is 0. The standard InChI is InChI=1S/C7H15N3O/c1-5(8)4-10(7(9)11)6-2-3-6/h5-6H,2-4,8H2,1H3,(H2,9,11). The highest BCUT2D eigenvalue weighted by molar-refractivity contribution is 5.72. The maximum absolute atomic E-state index is 10.8. The summed E-state index contributed by atoms with van der Waals surface area (Å²) in [6.07, 6.45) is 2.16. The third-order valence-electron chi connectivity index (χ3n) is 1.76. The Morgan fingerprint density at radius 2 is 2.27 bits per heavy atom. The van der Waals surface area contributed by atoms with Crippen LogP contribution in [0, 0.1) is 0 Å². The zero-order chi connectivity index (χ0) is 8.43. The van der Waals surface area contributed by atoms with E-state index in [-0.39, 0.29) is 12.1 Å². The number of hydrogen-bond acceptors (Lipinski definition) is 2. The van der Waals surface area contributed by atoms with Gasteiger partial charge in [0.15, 0.2) is 0 Å². The lowest BCUT2D eigenvalue weighted by Crippen LogP contribution is -2.43. The number of primary amides is 1. The van der Waals surface area contributed by atoms with Crippen molar-refractivity contribution >= 4 is 6.03 Å². The van der Waals surface area contributed by atoms with Crippen LogP contribution in [0.15, 0.2) is 0 Å². The molecule has 1 atom stereocenters. The number of rotatable bonds is 3. The van der Waals surface area contributed by atoms with E-state index in [2.05, 4.69) is 0 Å². The van der Waals surface area contributed by atoms with Crippen LogP contribution in [0.5, 0.6) is 0 Å². The molecule has 1 unspecified atom stereocenters. The molecule has 0 radical (unpaired) electrons. The van der Waals surface area contributed by atoms with Gasteiger partial charge in [-0.25, -0.2) is 4.79 Å². The molecule has 1 aliphatic rings. The van der Waals surface area contributed by atoms with Gasteiger partial charge in [0.25, 0.3) is 0 Å². The lowest BCUT2D eigenvalue weighted by Gasteiger charge is -2.21. The molecule has 0 heterocycles. The molecule has 0 bridgehead atoms. The summed E-state index contributed by atoms with van der Waals surface area (Å²) in [6.45, 7) is 2.46. The first-order chi connectivity index (χ1) is 5.11. The average molecular weight is 157 g/mol. The molecule has 2 amide bonds. The summed E-state index contributed by atoms with van der Waals surface area (Å²) < 4.78 is 0. The smallest absolute Gasteiger partial charge is 0.315 e. The zero-order valence-corrected chi connectivity index (χ0v) is 6.79. The Kier molecular flexibility index (Phi) is 2.34. The number of urea groups is 1. The van der Waals surface area contributed by atoms with Gasteiger partial charge in [-0.2, -0.15) is 0 Å². The number of nitrogens with zero attached hydrogens (tertiary/aromatic N) is 1. The molecule has 0 saturated heterocycles. The fourth-order valence-electron chi connectivity index (χ4n) is 1.12. The van der Waals surface area contributed by atoms with Crippen molar-refractivity contribution in [3.05, 3.63) is 0 Å². The van der Waals surface area contributed by atoms with Crippen molar-refractivity contribution in [3.8, 4) is 0 Å². The second-order valence-electron chi connectivity index (χ2n) is 3.20. The minimum Gasteiger partial charge on any atom is -0.351 e. The van der Waals surface area contributed by atoms with Gasteiger partial charge in [0.05, 0.1) is 0 Å². The van der Waals surface area contributed by atoms with Crippen molar-refractivity contribution in [1.82, 2.24) is 4.90 Å². The Labute approximate surface area is 66.5 Å². The first-order valence-electron chi connectivity index (χ1n) is 3.93. The van der Waals surface area contributed by atoms with Crippen LogP contribution in [0.3, 0.4) is 0 Å². The molecule has 0 aromatic heterocycles. The van der Waals surface area contributed by atoms with E-state index in [1.807, 2.05) is 6.92 Å². The highest BCUT2D eigenvalue weighted by Gasteiger charge is 2.31. The van der Waals surface area contributed by atoms with Crippen LogP contribution in [0.25, 0.3) is 0 Å². The molecule has 0 aliphatic heterocycles. The lowest BCUT2D eigenvalue weighted by molar-refractivity contribution is 0.201. The Balaban J connectivity index is 2.38. The van der Waals surface area contributed by atoms with Gasteiger partial charge in [-0.05, 0) is 19.8 Å². The predicted molar refractivity (Wildman–Crippen MR) is 43.0 cm³/mol. The van der Waals surface area contributed by atoms with Crippen LogP contribution in [-0.4, -0.2) is 29.6 Å². The van der Waals surface area contributed by atoms with Crippen LogP contribution in [0.1, 0.15) is 19.8 Å². The van der Waals surface area contributed by atoms with Crippen LogP contribution < -0.4 is 11.5 Å². The quantitative estimate of drug-likeness (QED) is 0.599. The number of amides is 2. The van der Waals surface area contributed by atoms with Crippen LogP contribution in [0.2, 0.25) is 0 Å². The normalized spacial score (nSPS) is 19.5. The molecular weight excluding hydrogens is 142 g/mol. The minimum atomic E-state index is -0.343. The molecule has 0 aromatic rings. The molecule has 1 saturated carbocycles. The fraction of sp³-hybridized carbons (Fsp3) is 0.857. The molecule has 0 aromatic carbocycles. The Morgan fingerprint density at radius 3 is 2.55 bits per heavy atom. The Bertz CT molecular complexity index is 154. The third kappa shape index (κ3) is 2.38. The molecule has 11 heavy (non-hydrogen) atoms. The highest BCUT2D eigenvalue weighted by atomic mass is 16.2. The molecular formula is C7H15N3O. The van der Waals surface area contributed by atoms with Crippen LogP contribution in [-0.2, 0) is 0 Å². The fourth-order valence-corrected chi connectivity index (χ4v) is 1.12. The van der Waals surface area contributed by atoms with Crippen LogP contribution in [0.4, 0.5) is 4.79 Å². The molecule has 0 spiro atoms. The summed E-state index contributed by atoms with van der Waals surface area (Å²) in [5.41, 5.74) is 10.7. The van der Waals surface area contributed by atoms with Crippen molar-refractivity contribution in [2.75, 3.05) is 6.54 Å². The van der Waals surface area contributed by atoms with Gasteiger partial charge >= 0.3 is 6.03 Å². The molecule has 1 aliphatic carbocycles. The summed E-state index contributed by atoms with van der Waals surface area (Å²) >= 11 is 0. The molecule has 1 fully saturated rings. The summed E-state index contributed by atoms with van der Waals surface area (Å²) in [5.74, 6) is 0. The Hall–Kier alpha value is -0.770. The van der Waals surface area contributed by atoms with Crippen molar-refractivity contribution in [2.45, 2.75) is 31.8 Å². The first-order valence-corrected chi connectivity index (χ1v) is 3.93. The summed E-state index contributed by atoms with van der Waals surface area (Å²) in [6, 6.07) is 0.0476. The van der Waals surface area contributed by atoms with E-state index in [1.165, 1.54) is 0 Å². The van der Waals surface area contributed by atoms with Gasteiger partial charge < -0.3 is 16.4 Å². The second kappa shape index (κ2) is 3.09. The molecule has 4 N–H and O–H groups in total. The second-order valence-corrected chi connectivity index (χ2v) is 3.20. The highest BCUT2D eigenvalue weighted by Crippen LogP contribution is 2.26. The molecule has 4 heteroatoms. The van der Waals surface area contributed by atoms with Gasteiger partial charge in [-0.1, -0.05) is 0 Å². The maximum Gasteiger partial charge on any atom is 0.315 e. The lowest BCUT2D eigenvalue weighted by atomic mass is 10.3. The molecule has 4 nitrogen and oxygen atoms in total. The minimum absolute atomic E-state index is 0.0168. The van der Waals surface area contributed by atoms with E-state index in [9.17, 15) is 4.79 Å². The van der Waals surface area contributed by atoms with Crippen molar-refractivity contribution < 1.29 is 4.79 Å². The summed E-state index contributed by atoms with van der Waals surface area (Å²) in [5, 5.41) is 0. The van der Waals surface area contributed by atoms with Gasteiger partial charge in [0, 0.05) is 18.6 Å². The average Bonchev–Trinajstić information content (AvgIpc) is 2.63. The van der Waals surface area contributed by atoms with Gasteiger partial charge in [0.2, 0.25) is 0 Å². The number of nitrogens with two attached hydrogens (primary N) is 2. The van der Waals surface area contributed by atoms with Gasteiger partial charge in [0.1, 0.15) is 0 Å². The molecule has 1 rings (SSSR count). The zero-order valence-electron chi connectivity index (χ0n) is 6.79. The molecule has 64 valence electrons. The van der Waals surface area contributed by atoms with E-state index in [0.29, 0.717) is 12.6 Å². The topological polar surface area (TPSA) is 72.3 Å². The predicted octanol–water partition coefficient (Wildman–Crippen LogP) is -0.123. The number of carbonyl (C=O) groups excluding carboxylic acids is 1. The Morgan fingerprint density at radius 1 is 1.73 bits per heavy atom. The van der Waals surface area contributed by atoms with Crippen molar-refractivity contribution in [3.63, 3.8) is 0 Å². The van der Waals surface area contributed by atoms with Crippen LogP contribution >= 0.6 is 0 Å². The van der Waals surface area contributed by atoms with Gasteiger partial charge in [-0.3, -0.25) is 0 Å².